The lowest BCUT2D eigenvalue weighted by atomic mass is 9.95. The highest BCUT2D eigenvalue weighted by atomic mass is 79.9. The van der Waals surface area contributed by atoms with E-state index in [0.717, 1.165) is 16.6 Å². The first kappa shape index (κ1) is 13.6. The molecule has 0 saturated heterocycles. The molecular weight excluding hydrogens is 310 g/mol. The highest BCUT2D eigenvalue weighted by molar-refractivity contribution is 9.10. The summed E-state index contributed by atoms with van der Waals surface area (Å²) in [6.07, 6.45) is 2.21. The average molecular weight is 322 g/mol. The van der Waals surface area contributed by atoms with Crippen LogP contribution in [0.3, 0.4) is 0 Å². The predicted molar refractivity (Wildman–Crippen MR) is 76.2 cm³/mol. The molecule has 4 nitrogen and oxygen atoms in total. The maximum atomic E-state index is 11.9. The number of rotatable bonds is 3. The van der Waals surface area contributed by atoms with Crippen molar-refractivity contribution in [3.8, 4) is 0 Å². The molecule has 0 saturated carbocycles. The maximum Gasteiger partial charge on any atom is 0.341 e. The molecule has 1 N–H and O–H groups in total. The van der Waals surface area contributed by atoms with E-state index in [2.05, 4.69) is 21.2 Å². The Morgan fingerprint density at radius 2 is 2.26 bits per heavy atom. The highest BCUT2D eigenvalue weighted by Crippen LogP contribution is 2.34. The zero-order valence-electron chi connectivity index (χ0n) is 10.3. The third kappa shape index (κ3) is 2.78. The van der Waals surface area contributed by atoms with Gasteiger partial charge in [0.15, 0.2) is 0 Å². The smallest absolute Gasteiger partial charge is 0.341 e. The van der Waals surface area contributed by atoms with Crippen LogP contribution in [0.4, 0.5) is 5.69 Å². The van der Waals surface area contributed by atoms with Gasteiger partial charge in [0.2, 0.25) is 0 Å². The lowest BCUT2D eigenvalue weighted by Crippen LogP contribution is -2.15. The number of fused-ring (bicyclic) bond motifs is 1. The van der Waals surface area contributed by atoms with Crippen molar-refractivity contribution in [2.45, 2.75) is 13.3 Å². The van der Waals surface area contributed by atoms with Crippen molar-refractivity contribution in [2.75, 3.05) is 11.9 Å². The first-order chi connectivity index (χ1) is 9.17. The number of halogens is 1. The molecule has 0 bridgehead atoms. The lowest BCUT2D eigenvalue weighted by molar-refractivity contribution is -0.138. The van der Waals surface area contributed by atoms with E-state index in [1.807, 2.05) is 25.0 Å². The number of esters is 1. The van der Waals surface area contributed by atoms with Crippen LogP contribution in [0.25, 0.3) is 5.57 Å². The van der Waals surface area contributed by atoms with Crippen molar-refractivity contribution < 1.29 is 14.3 Å². The van der Waals surface area contributed by atoms with E-state index in [9.17, 15) is 9.59 Å². The summed E-state index contributed by atoms with van der Waals surface area (Å²) in [7, 11) is 0. The third-order valence-corrected chi connectivity index (χ3v) is 3.14. The molecule has 19 heavy (non-hydrogen) atoms. The van der Waals surface area contributed by atoms with Gasteiger partial charge in [-0.15, -0.1) is 0 Å². The summed E-state index contributed by atoms with van der Waals surface area (Å²) < 4.78 is 5.87. The van der Waals surface area contributed by atoms with Gasteiger partial charge in [0.25, 0.3) is 0 Å². The summed E-state index contributed by atoms with van der Waals surface area (Å²) in [5.41, 5.74) is 1.81. The number of carbonyl (C=O) groups is 1. The first-order valence-corrected chi connectivity index (χ1v) is 6.66. The number of ether oxygens (including phenoxy) is 1. The van der Waals surface area contributed by atoms with Crippen molar-refractivity contribution in [3.63, 3.8) is 0 Å². The molecule has 1 aliphatic rings. The lowest BCUT2D eigenvalue weighted by Gasteiger charge is -2.18. The number of nitrogens with one attached hydrogen (secondary N) is 1. The molecule has 1 aromatic rings. The Bertz CT molecular complexity index is 601. The molecular formula is C14H12BrNO3. The van der Waals surface area contributed by atoms with Gasteiger partial charge in [0.1, 0.15) is 5.94 Å². The fourth-order valence-electron chi connectivity index (χ4n) is 1.76. The number of carbonyl (C=O) groups excluding carboxylic acids is 2. The van der Waals surface area contributed by atoms with Crippen molar-refractivity contribution in [1.29, 1.82) is 0 Å². The second-order valence-corrected chi connectivity index (χ2v) is 4.92. The summed E-state index contributed by atoms with van der Waals surface area (Å²) in [4.78, 5) is 23.0. The second kappa shape index (κ2) is 5.87. The van der Waals surface area contributed by atoms with Gasteiger partial charge in [-0.1, -0.05) is 22.9 Å². The van der Waals surface area contributed by atoms with Crippen LogP contribution in [-0.4, -0.2) is 18.5 Å². The molecule has 0 amide bonds. The molecule has 0 spiro atoms. The molecule has 1 heterocycles. The number of benzene rings is 1. The summed E-state index contributed by atoms with van der Waals surface area (Å²) >= 11 is 3.34. The minimum absolute atomic E-state index is 0.203. The minimum atomic E-state index is -0.515. The van der Waals surface area contributed by atoms with Crippen molar-refractivity contribution >= 4 is 39.1 Å². The molecule has 0 aromatic heterocycles. The molecule has 5 heteroatoms. The molecule has 0 radical (unpaired) electrons. The summed E-state index contributed by atoms with van der Waals surface area (Å²) in [5.74, 6) is 1.32. The van der Waals surface area contributed by atoms with Crippen molar-refractivity contribution in [2.24, 2.45) is 0 Å². The largest absolute Gasteiger partial charge is 0.462 e. The Hall–Kier alpha value is -1.84. The maximum absolute atomic E-state index is 11.9. The van der Waals surface area contributed by atoms with Crippen LogP contribution in [0.2, 0.25) is 0 Å². The Kier molecular flexibility index (Phi) is 4.20. The van der Waals surface area contributed by atoms with E-state index in [1.165, 1.54) is 6.20 Å². The highest BCUT2D eigenvalue weighted by Gasteiger charge is 2.24. The van der Waals surface area contributed by atoms with E-state index < -0.39 is 5.97 Å². The number of hydrogen-bond donors (Lipinski definition) is 1. The molecule has 0 aliphatic carbocycles. The van der Waals surface area contributed by atoms with E-state index in [0.29, 0.717) is 12.2 Å². The van der Waals surface area contributed by atoms with Crippen LogP contribution in [-0.2, 0) is 14.3 Å². The molecule has 98 valence electrons. The Balaban J connectivity index is 2.37. The van der Waals surface area contributed by atoms with Crippen LogP contribution >= 0.6 is 15.9 Å². The Labute approximate surface area is 119 Å². The van der Waals surface area contributed by atoms with E-state index in [1.54, 1.807) is 6.07 Å². The van der Waals surface area contributed by atoms with Gasteiger partial charge in [0.05, 0.1) is 17.8 Å². The fraction of sp³-hybridized carbons (Fsp3) is 0.214. The molecule has 0 unspecified atom stereocenters. The second-order valence-electron chi connectivity index (χ2n) is 4.01. The zero-order chi connectivity index (χ0) is 13.8. The van der Waals surface area contributed by atoms with E-state index >= 15 is 0 Å². The average Bonchev–Trinajstić information content (AvgIpc) is 2.43. The van der Waals surface area contributed by atoms with Gasteiger partial charge >= 0.3 is 5.97 Å². The van der Waals surface area contributed by atoms with Gasteiger partial charge in [-0.3, -0.25) is 0 Å². The molecule has 1 aromatic carbocycles. The van der Waals surface area contributed by atoms with Crippen LogP contribution in [0.15, 0.2) is 34.4 Å². The summed E-state index contributed by atoms with van der Waals surface area (Å²) in [6, 6.07) is 5.44. The SMILES string of the molecule is CCCOC(=O)C1=CNc2ccc(Br)cc2C1=C=O. The number of hydrogen-bond acceptors (Lipinski definition) is 4. The van der Waals surface area contributed by atoms with Crippen molar-refractivity contribution in [1.82, 2.24) is 0 Å². The normalized spacial score (nSPS) is 12.9. The van der Waals surface area contributed by atoms with Crippen LogP contribution in [0, 0.1) is 0 Å². The Morgan fingerprint density at radius 3 is 2.95 bits per heavy atom. The fourth-order valence-corrected chi connectivity index (χ4v) is 2.12. The third-order valence-electron chi connectivity index (χ3n) is 2.65. The van der Waals surface area contributed by atoms with Gasteiger partial charge < -0.3 is 10.1 Å². The molecule has 2 rings (SSSR count). The quantitative estimate of drug-likeness (QED) is 0.687. The van der Waals surface area contributed by atoms with Crippen LogP contribution in [0.1, 0.15) is 18.9 Å². The van der Waals surface area contributed by atoms with Gasteiger partial charge in [-0.05, 0) is 24.6 Å². The molecule has 1 aliphatic heterocycles. The van der Waals surface area contributed by atoms with Gasteiger partial charge in [-0.25, -0.2) is 9.59 Å². The zero-order valence-corrected chi connectivity index (χ0v) is 11.9. The Morgan fingerprint density at radius 1 is 1.47 bits per heavy atom. The van der Waals surface area contributed by atoms with E-state index in [4.69, 9.17) is 4.74 Å². The molecule has 0 atom stereocenters. The summed E-state index contributed by atoms with van der Waals surface area (Å²) in [5, 5.41) is 2.98. The van der Waals surface area contributed by atoms with Gasteiger partial charge in [0, 0.05) is 21.9 Å². The summed E-state index contributed by atoms with van der Waals surface area (Å²) in [6.45, 7) is 2.23. The van der Waals surface area contributed by atoms with Crippen molar-refractivity contribution in [3.05, 3.63) is 40.0 Å². The topological polar surface area (TPSA) is 55.4 Å². The van der Waals surface area contributed by atoms with Crippen LogP contribution < -0.4 is 5.32 Å². The first-order valence-electron chi connectivity index (χ1n) is 5.86. The number of anilines is 1. The van der Waals surface area contributed by atoms with Crippen LogP contribution in [0.5, 0.6) is 0 Å². The standard InChI is InChI=1S/C14H12BrNO3/c1-2-5-19-14(18)11-7-16-13-4-3-9(15)6-10(13)12(11)8-17/h3-4,6-7,16H,2,5H2,1H3. The molecule has 0 fully saturated rings. The van der Waals surface area contributed by atoms with E-state index in [-0.39, 0.29) is 11.1 Å². The predicted octanol–water partition coefficient (Wildman–Crippen LogP) is 2.93. The van der Waals surface area contributed by atoms with Gasteiger partial charge in [-0.2, -0.15) is 0 Å². The monoisotopic (exact) mass is 321 g/mol. The minimum Gasteiger partial charge on any atom is -0.462 e.